The number of hydrogen-bond acceptors (Lipinski definition) is 3. The number of nitrogens with zero attached hydrogens (tertiary/aromatic N) is 1. The molecule has 0 saturated carbocycles. The average molecular weight is 194 g/mol. The predicted molar refractivity (Wildman–Crippen MR) is 58.7 cm³/mol. The third kappa shape index (κ3) is 3.00. The highest BCUT2D eigenvalue weighted by molar-refractivity contribution is 5.45. The largest absolute Gasteiger partial charge is 0.383 e. The standard InChI is InChI=1S/C11H18N2O/c1-9(2)10-5-4-6-12-11(10)13-7-8-14-3/h4-6,9H,7-8H2,1-3H3,(H,12,13). The van der Waals surface area contributed by atoms with E-state index in [-0.39, 0.29) is 0 Å². The van der Waals surface area contributed by atoms with Crippen molar-refractivity contribution >= 4 is 5.82 Å². The van der Waals surface area contributed by atoms with Gasteiger partial charge in [-0.25, -0.2) is 4.98 Å². The monoisotopic (exact) mass is 194 g/mol. The number of ether oxygens (including phenoxy) is 1. The first-order valence-corrected chi connectivity index (χ1v) is 4.93. The van der Waals surface area contributed by atoms with Crippen molar-refractivity contribution in [1.82, 2.24) is 4.98 Å². The number of hydrogen-bond donors (Lipinski definition) is 1. The van der Waals surface area contributed by atoms with E-state index in [1.165, 1.54) is 5.56 Å². The smallest absolute Gasteiger partial charge is 0.129 e. The molecular formula is C11H18N2O. The van der Waals surface area contributed by atoms with Gasteiger partial charge < -0.3 is 10.1 Å². The SMILES string of the molecule is COCCNc1ncccc1C(C)C. The molecule has 0 aliphatic heterocycles. The Balaban J connectivity index is 2.64. The van der Waals surface area contributed by atoms with E-state index in [2.05, 4.69) is 30.2 Å². The molecule has 0 fully saturated rings. The summed E-state index contributed by atoms with van der Waals surface area (Å²) in [5.41, 5.74) is 1.25. The summed E-state index contributed by atoms with van der Waals surface area (Å²) in [4.78, 5) is 4.31. The number of aromatic nitrogens is 1. The maximum absolute atomic E-state index is 4.97. The maximum atomic E-state index is 4.97. The van der Waals surface area contributed by atoms with E-state index in [1.54, 1.807) is 13.3 Å². The van der Waals surface area contributed by atoms with Crippen molar-refractivity contribution in [2.24, 2.45) is 0 Å². The average Bonchev–Trinajstić information content (AvgIpc) is 2.19. The molecule has 14 heavy (non-hydrogen) atoms. The van der Waals surface area contributed by atoms with Crippen molar-refractivity contribution in [3.63, 3.8) is 0 Å². The van der Waals surface area contributed by atoms with Crippen molar-refractivity contribution in [2.45, 2.75) is 19.8 Å². The minimum Gasteiger partial charge on any atom is -0.383 e. The van der Waals surface area contributed by atoms with Crippen molar-refractivity contribution in [1.29, 1.82) is 0 Å². The highest BCUT2D eigenvalue weighted by Gasteiger charge is 2.05. The van der Waals surface area contributed by atoms with Crippen LogP contribution in [0.4, 0.5) is 5.82 Å². The van der Waals surface area contributed by atoms with Gasteiger partial charge in [0.1, 0.15) is 5.82 Å². The first-order valence-electron chi connectivity index (χ1n) is 4.93. The van der Waals surface area contributed by atoms with E-state index in [0.717, 1.165) is 12.4 Å². The second-order valence-electron chi connectivity index (χ2n) is 3.52. The van der Waals surface area contributed by atoms with Crippen molar-refractivity contribution in [3.05, 3.63) is 23.9 Å². The molecule has 0 unspecified atom stereocenters. The Labute approximate surface area is 85.5 Å². The summed E-state index contributed by atoms with van der Waals surface area (Å²) >= 11 is 0. The van der Waals surface area contributed by atoms with Crippen LogP contribution in [0.5, 0.6) is 0 Å². The molecule has 3 heteroatoms. The van der Waals surface area contributed by atoms with E-state index in [1.807, 2.05) is 6.07 Å². The lowest BCUT2D eigenvalue weighted by Gasteiger charge is -2.12. The molecule has 1 aromatic rings. The molecule has 0 aliphatic carbocycles. The van der Waals surface area contributed by atoms with Gasteiger partial charge >= 0.3 is 0 Å². The second-order valence-corrected chi connectivity index (χ2v) is 3.52. The van der Waals surface area contributed by atoms with Crippen LogP contribution in [0.2, 0.25) is 0 Å². The topological polar surface area (TPSA) is 34.1 Å². The Morgan fingerprint density at radius 2 is 2.29 bits per heavy atom. The predicted octanol–water partition coefficient (Wildman–Crippen LogP) is 2.26. The molecule has 0 aliphatic rings. The fourth-order valence-electron chi connectivity index (χ4n) is 1.30. The van der Waals surface area contributed by atoms with Gasteiger partial charge in [-0.1, -0.05) is 19.9 Å². The Morgan fingerprint density at radius 1 is 1.50 bits per heavy atom. The van der Waals surface area contributed by atoms with Crippen LogP contribution >= 0.6 is 0 Å². The molecule has 1 N–H and O–H groups in total. The Bertz CT molecular complexity index is 274. The van der Waals surface area contributed by atoms with Crippen LogP contribution in [0.25, 0.3) is 0 Å². The minimum atomic E-state index is 0.494. The van der Waals surface area contributed by atoms with Gasteiger partial charge in [-0.3, -0.25) is 0 Å². The van der Waals surface area contributed by atoms with Crippen LogP contribution in [0.15, 0.2) is 18.3 Å². The van der Waals surface area contributed by atoms with Crippen LogP contribution in [-0.4, -0.2) is 25.2 Å². The molecule has 0 saturated heterocycles. The summed E-state index contributed by atoms with van der Waals surface area (Å²) in [6.07, 6.45) is 1.81. The van der Waals surface area contributed by atoms with Gasteiger partial charge in [-0.2, -0.15) is 0 Å². The minimum absolute atomic E-state index is 0.494. The molecule has 0 amide bonds. The van der Waals surface area contributed by atoms with Crippen molar-refractivity contribution < 1.29 is 4.74 Å². The highest BCUT2D eigenvalue weighted by atomic mass is 16.5. The molecule has 1 aromatic heterocycles. The van der Waals surface area contributed by atoms with Crippen LogP contribution in [0.1, 0.15) is 25.3 Å². The van der Waals surface area contributed by atoms with E-state index in [9.17, 15) is 0 Å². The number of methoxy groups -OCH3 is 1. The number of rotatable bonds is 5. The molecule has 3 nitrogen and oxygen atoms in total. The third-order valence-electron chi connectivity index (χ3n) is 2.06. The molecule has 1 heterocycles. The fourth-order valence-corrected chi connectivity index (χ4v) is 1.30. The summed E-state index contributed by atoms with van der Waals surface area (Å²) in [5, 5.41) is 3.26. The molecule has 0 bridgehead atoms. The summed E-state index contributed by atoms with van der Waals surface area (Å²) in [5.74, 6) is 1.47. The Morgan fingerprint density at radius 3 is 2.93 bits per heavy atom. The van der Waals surface area contributed by atoms with E-state index >= 15 is 0 Å². The van der Waals surface area contributed by atoms with Crippen LogP contribution < -0.4 is 5.32 Å². The zero-order valence-electron chi connectivity index (χ0n) is 9.08. The van der Waals surface area contributed by atoms with E-state index in [4.69, 9.17) is 4.74 Å². The molecule has 0 radical (unpaired) electrons. The van der Waals surface area contributed by atoms with Gasteiger partial charge in [-0.05, 0) is 17.5 Å². The molecule has 1 rings (SSSR count). The number of anilines is 1. The third-order valence-corrected chi connectivity index (χ3v) is 2.06. The van der Waals surface area contributed by atoms with Crippen LogP contribution in [0, 0.1) is 0 Å². The lowest BCUT2D eigenvalue weighted by atomic mass is 10.0. The molecular weight excluding hydrogens is 176 g/mol. The highest BCUT2D eigenvalue weighted by Crippen LogP contribution is 2.20. The Hall–Kier alpha value is -1.09. The normalized spacial score (nSPS) is 10.6. The van der Waals surface area contributed by atoms with E-state index < -0.39 is 0 Å². The second kappa shape index (κ2) is 5.60. The lowest BCUT2D eigenvalue weighted by molar-refractivity contribution is 0.210. The maximum Gasteiger partial charge on any atom is 0.129 e. The summed E-state index contributed by atoms with van der Waals surface area (Å²) in [6.45, 7) is 5.83. The first kappa shape index (κ1) is 11.0. The quantitative estimate of drug-likeness (QED) is 0.730. The first-order chi connectivity index (χ1) is 6.75. The summed E-state index contributed by atoms with van der Waals surface area (Å²) < 4.78 is 4.97. The fraction of sp³-hybridized carbons (Fsp3) is 0.545. The number of nitrogens with one attached hydrogen (secondary N) is 1. The summed E-state index contributed by atoms with van der Waals surface area (Å²) in [7, 11) is 1.70. The van der Waals surface area contributed by atoms with Crippen molar-refractivity contribution in [2.75, 3.05) is 25.6 Å². The molecule has 78 valence electrons. The summed E-state index contributed by atoms with van der Waals surface area (Å²) in [6, 6.07) is 4.07. The zero-order chi connectivity index (χ0) is 10.4. The molecule has 0 spiro atoms. The van der Waals surface area contributed by atoms with Gasteiger partial charge in [0.15, 0.2) is 0 Å². The lowest BCUT2D eigenvalue weighted by Crippen LogP contribution is -2.11. The van der Waals surface area contributed by atoms with Gasteiger partial charge in [0, 0.05) is 19.9 Å². The van der Waals surface area contributed by atoms with Crippen LogP contribution in [-0.2, 0) is 4.74 Å². The van der Waals surface area contributed by atoms with Gasteiger partial charge in [-0.15, -0.1) is 0 Å². The zero-order valence-corrected chi connectivity index (χ0v) is 9.08. The van der Waals surface area contributed by atoms with Crippen LogP contribution in [0.3, 0.4) is 0 Å². The van der Waals surface area contributed by atoms with Gasteiger partial charge in [0.2, 0.25) is 0 Å². The van der Waals surface area contributed by atoms with E-state index in [0.29, 0.717) is 12.5 Å². The van der Waals surface area contributed by atoms with Gasteiger partial charge in [0.05, 0.1) is 6.61 Å². The Kier molecular flexibility index (Phi) is 4.40. The van der Waals surface area contributed by atoms with Gasteiger partial charge in [0.25, 0.3) is 0 Å². The number of pyridine rings is 1. The molecule has 0 aromatic carbocycles. The van der Waals surface area contributed by atoms with Crippen molar-refractivity contribution in [3.8, 4) is 0 Å². The molecule has 0 atom stereocenters.